The molecule has 55 heavy (non-hydrogen) atoms. The number of benzene rings is 4. The minimum Gasteiger partial charge on any atom is -0.507 e. The highest BCUT2D eigenvalue weighted by molar-refractivity contribution is 6.30. The molecule has 2 heterocycles. The lowest BCUT2D eigenvalue weighted by Gasteiger charge is -2.50. The van der Waals surface area contributed by atoms with Crippen molar-refractivity contribution in [2.45, 2.75) is 31.1 Å². The zero-order chi connectivity index (χ0) is 38.9. The molecule has 280 valence electrons. The molecule has 2 saturated heterocycles. The average Bonchev–Trinajstić information content (AvgIpc) is 3.56. The number of anilines is 2. The number of hydrogen-bond acceptors (Lipinski definition) is 9. The van der Waals surface area contributed by atoms with E-state index in [-0.39, 0.29) is 47.1 Å². The second-order valence-corrected chi connectivity index (χ2v) is 14.7. The first-order valence-corrected chi connectivity index (χ1v) is 18.1. The number of ether oxygens (including phenoxy) is 2. The van der Waals surface area contributed by atoms with Gasteiger partial charge < -0.3 is 14.6 Å². The van der Waals surface area contributed by atoms with Gasteiger partial charge in [-0.1, -0.05) is 35.4 Å². The molecule has 0 aromatic heterocycles. The molecule has 6 atom stereocenters. The SMILES string of the molecule is COc1cc(O)c([C@H]2C3=CC[C@@H]4C(=O)N(c5ccc(C(C)=O)cc5)C(=O)[C@@H]4[C@@H]3C[C@H]3C(=O)N(Nc4ccc(F)cc4)C(=O)[C@@]23c2ccc(Cl)cc2)c(OC)c1. The first kappa shape index (κ1) is 36.0. The summed E-state index contributed by atoms with van der Waals surface area (Å²) in [6.45, 7) is 1.42. The average molecular weight is 764 g/mol. The van der Waals surface area contributed by atoms with Gasteiger partial charge in [0.05, 0.1) is 48.8 Å². The maximum Gasteiger partial charge on any atom is 0.260 e. The van der Waals surface area contributed by atoms with Gasteiger partial charge in [-0.2, -0.15) is 5.01 Å². The van der Waals surface area contributed by atoms with Crippen LogP contribution in [0.2, 0.25) is 5.02 Å². The van der Waals surface area contributed by atoms with E-state index in [1.807, 2.05) is 6.08 Å². The summed E-state index contributed by atoms with van der Waals surface area (Å²) in [5, 5.41) is 13.2. The summed E-state index contributed by atoms with van der Waals surface area (Å²) in [4.78, 5) is 72.1. The van der Waals surface area contributed by atoms with Crippen molar-refractivity contribution in [2.24, 2.45) is 23.7 Å². The van der Waals surface area contributed by atoms with E-state index < -0.39 is 64.5 Å². The highest BCUT2D eigenvalue weighted by Crippen LogP contribution is 2.66. The molecule has 2 aliphatic carbocycles. The molecule has 4 aliphatic rings. The monoisotopic (exact) mass is 763 g/mol. The number of fused-ring (bicyclic) bond motifs is 4. The lowest BCUT2D eigenvalue weighted by molar-refractivity contribution is -0.138. The molecule has 1 saturated carbocycles. The van der Waals surface area contributed by atoms with E-state index >= 15 is 4.79 Å². The number of aromatic hydroxyl groups is 1. The van der Waals surface area contributed by atoms with Crippen molar-refractivity contribution in [1.29, 1.82) is 0 Å². The zero-order valence-electron chi connectivity index (χ0n) is 29.9. The predicted octanol–water partition coefficient (Wildman–Crippen LogP) is 6.59. The van der Waals surface area contributed by atoms with Crippen LogP contribution in [0.4, 0.5) is 15.8 Å². The normalized spacial score (nSPS) is 25.6. The summed E-state index contributed by atoms with van der Waals surface area (Å²) in [5.74, 6) is -7.33. The first-order chi connectivity index (χ1) is 26.4. The van der Waals surface area contributed by atoms with Crippen LogP contribution in [0.25, 0.3) is 0 Å². The van der Waals surface area contributed by atoms with Gasteiger partial charge in [-0.25, -0.2) is 4.39 Å². The molecular formula is C42H35ClFN3O8. The molecule has 3 fully saturated rings. The number of carbonyl (C=O) groups is 5. The largest absolute Gasteiger partial charge is 0.507 e. The van der Waals surface area contributed by atoms with Gasteiger partial charge in [0.2, 0.25) is 11.8 Å². The molecule has 0 radical (unpaired) electrons. The first-order valence-electron chi connectivity index (χ1n) is 17.7. The number of methoxy groups -OCH3 is 2. The Balaban J connectivity index is 1.34. The summed E-state index contributed by atoms with van der Waals surface area (Å²) >= 11 is 6.37. The smallest absolute Gasteiger partial charge is 0.260 e. The van der Waals surface area contributed by atoms with E-state index in [4.69, 9.17) is 21.1 Å². The minimum absolute atomic E-state index is 0.00629. The lowest BCUT2D eigenvalue weighted by atomic mass is 9.49. The van der Waals surface area contributed by atoms with Crippen molar-refractivity contribution in [1.82, 2.24) is 5.01 Å². The fourth-order valence-corrected chi connectivity index (χ4v) is 9.36. The van der Waals surface area contributed by atoms with E-state index in [1.54, 1.807) is 54.6 Å². The maximum absolute atomic E-state index is 15.4. The van der Waals surface area contributed by atoms with Gasteiger partial charge in [0.25, 0.3) is 11.8 Å². The minimum atomic E-state index is -1.74. The van der Waals surface area contributed by atoms with E-state index in [0.717, 1.165) is 9.91 Å². The third kappa shape index (κ3) is 5.41. The second kappa shape index (κ2) is 13.4. The van der Waals surface area contributed by atoms with Crippen LogP contribution in [0.1, 0.15) is 47.2 Å². The van der Waals surface area contributed by atoms with Crippen molar-refractivity contribution in [2.75, 3.05) is 24.5 Å². The van der Waals surface area contributed by atoms with Crippen LogP contribution >= 0.6 is 11.6 Å². The van der Waals surface area contributed by atoms with E-state index in [2.05, 4.69) is 5.43 Å². The van der Waals surface area contributed by atoms with Crippen LogP contribution in [0.3, 0.4) is 0 Å². The molecule has 13 heteroatoms. The number of Topliss-reactive ketones (excluding diaryl/α,β-unsaturated/α-hetero) is 1. The molecule has 4 amide bonds. The van der Waals surface area contributed by atoms with Gasteiger partial charge in [-0.3, -0.25) is 34.3 Å². The Hall–Kier alpha value is -6.01. The van der Waals surface area contributed by atoms with Crippen LogP contribution in [0, 0.1) is 29.5 Å². The standard InChI is InChI=1S/C42H35ClFN3O8/c1-21(48)22-4-14-27(15-5-22)46-38(50)30-17-16-29-31(35(30)40(46)52)20-32-39(51)47(45-26-12-10-25(44)11-13-26)41(53)42(32,23-6-8-24(43)9-7-23)37(29)36-33(49)18-28(54-2)19-34(36)55-3/h4-16,18-19,30-32,35,37,45,49H,17,20H2,1-3H3/t30-,31+,32-,35-,37+,42+/m0/s1. The summed E-state index contributed by atoms with van der Waals surface area (Å²) in [7, 11) is 2.84. The van der Waals surface area contributed by atoms with Gasteiger partial charge in [-0.05, 0) is 91.9 Å². The highest BCUT2D eigenvalue weighted by atomic mass is 35.5. The quantitative estimate of drug-likeness (QED) is 0.115. The van der Waals surface area contributed by atoms with Crippen LogP contribution in [-0.4, -0.2) is 53.7 Å². The molecule has 4 aromatic carbocycles. The molecule has 0 spiro atoms. The number of rotatable bonds is 8. The number of phenolic OH excluding ortho intramolecular Hbond substituents is 1. The zero-order valence-corrected chi connectivity index (χ0v) is 30.7. The third-order valence-electron chi connectivity index (χ3n) is 11.6. The number of carbonyl (C=O) groups excluding carboxylic acids is 5. The Morgan fingerprint density at radius 2 is 1.58 bits per heavy atom. The van der Waals surface area contributed by atoms with Crippen molar-refractivity contribution < 1.29 is 42.9 Å². The number of allylic oxidation sites excluding steroid dienone is 2. The van der Waals surface area contributed by atoms with Crippen LogP contribution in [0.15, 0.2) is 96.6 Å². The number of halogens is 2. The number of hydrazine groups is 1. The molecule has 8 rings (SSSR count). The van der Waals surface area contributed by atoms with Gasteiger partial charge in [-0.15, -0.1) is 0 Å². The fraction of sp³-hybridized carbons (Fsp3) is 0.262. The van der Waals surface area contributed by atoms with E-state index in [0.29, 0.717) is 27.4 Å². The molecule has 4 aromatic rings. The van der Waals surface area contributed by atoms with E-state index in [9.17, 15) is 28.7 Å². The van der Waals surface area contributed by atoms with Gasteiger partial charge in [0.1, 0.15) is 23.1 Å². The maximum atomic E-state index is 15.4. The Morgan fingerprint density at radius 3 is 2.22 bits per heavy atom. The van der Waals surface area contributed by atoms with Crippen molar-refractivity contribution >= 4 is 52.4 Å². The molecule has 2 aliphatic heterocycles. The second-order valence-electron chi connectivity index (χ2n) is 14.3. The van der Waals surface area contributed by atoms with E-state index in [1.165, 1.54) is 51.5 Å². The highest BCUT2D eigenvalue weighted by Gasteiger charge is 2.71. The van der Waals surface area contributed by atoms with Gasteiger partial charge >= 0.3 is 0 Å². The Labute approximate surface area is 320 Å². The number of imide groups is 2. The lowest BCUT2D eigenvalue weighted by Crippen LogP contribution is -2.53. The number of nitrogens with one attached hydrogen (secondary N) is 1. The molecule has 11 nitrogen and oxygen atoms in total. The fourth-order valence-electron chi connectivity index (χ4n) is 9.23. The van der Waals surface area contributed by atoms with Crippen LogP contribution in [-0.2, 0) is 24.6 Å². The van der Waals surface area contributed by atoms with Gasteiger partial charge in [0, 0.05) is 34.2 Å². The summed E-state index contributed by atoms with van der Waals surface area (Å²) < 4.78 is 25.2. The summed E-state index contributed by atoms with van der Waals surface area (Å²) in [6, 6.07) is 21.0. The number of amides is 4. The number of phenols is 1. The van der Waals surface area contributed by atoms with Crippen molar-refractivity contribution in [3.8, 4) is 17.2 Å². The van der Waals surface area contributed by atoms with Crippen LogP contribution in [0.5, 0.6) is 17.2 Å². The molecule has 0 bridgehead atoms. The summed E-state index contributed by atoms with van der Waals surface area (Å²) in [6.07, 6.45) is 1.99. The Bertz CT molecular complexity index is 2310. The summed E-state index contributed by atoms with van der Waals surface area (Å²) in [5.41, 5.74) is 3.38. The van der Waals surface area contributed by atoms with Crippen molar-refractivity contribution in [3.63, 3.8) is 0 Å². The van der Waals surface area contributed by atoms with Gasteiger partial charge in [0.15, 0.2) is 5.78 Å². The molecule has 0 unspecified atom stereocenters. The number of nitrogens with zero attached hydrogens (tertiary/aromatic N) is 2. The molecular weight excluding hydrogens is 729 g/mol. The number of ketones is 1. The number of hydrogen-bond donors (Lipinski definition) is 2. The predicted molar refractivity (Wildman–Crippen MR) is 199 cm³/mol. The topological polar surface area (TPSA) is 143 Å². The molecule has 2 N–H and O–H groups in total. The van der Waals surface area contributed by atoms with Crippen LogP contribution < -0.4 is 19.8 Å². The Morgan fingerprint density at radius 1 is 0.891 bits per heavy atom. The van der Waals surface area contributed by atoms with Crippen molar-refractivity contribution in [3.05, 3.63) is 124 Å². The Kier molecular flexibility index (Phi) is 8.76. The third-order valence-corrected chi connectivity index (χ3v) is 11.9.